The normalized spacial score (nSPS) is 15.4. The molecule has 162 valence electrons. The van der Waals surface area contributed by atoms with Crippen LogP contribution < -0.4 is 15.4 Å². The van der Waals surface area contributed by atoms with Crippen LogP contribution in [0.3, 0.4) is 0 Å². The number of imidazole rings is 1. The molecule has 0 bridgehead atoms. The average Bonchev–Trinajstić information content (AvgIpc) is 3.07. The standard InChI is InChI=1S/C22H31N5O3/c1-26-16-13-23-21(26)20(17-8-10-18(30-2)11-9-17)25-22(29)24-12-6-15-27-14-5-3-4-7-19(27)28/h8-11,13,16,20H,3-7,12,14-15H2,1-2H3,(H2,24,25,29)/t20-/m0/s1. The number of ether oxygens (including phenoxy) is 1. The fourth-order valence-electron chi connectivity index (χ4n) is 3.68. The van der Waals surface area contributed by atoms with Gasteiger partial charge in [-0.2, -0.15) is 0 Å². The van der Waals surface area contributed by atoms with Gasteiger partial charge in [0.2, 0.25) is 5.91 Å². The van der Waals surface area contributed by atoms with E-state index in [1.165, 1.54) is 0 Å². The monoisotopic (exact) mass is 413 g/mol. The van der Waals surface area contributed by atoms with Gasteiger partial charge in [-0.3, -0.25) is 4.79 Å². The van der Waals surface area contributed by atoms with Crippen molar-refractivity contribution < 1.29 is 14.3 Å². The number of nitrogens with zero attached hydrogens (tertiary/aromatic N) is 3. The molecule has 2 heterocycles. The van der Waals surface area contributed by atoms with E-state index < -0.39 is 0 Å². The van der Waals surface area contributed by atoms with Crippen molar-refractivity contribution in [3.05, 3.63) is 48.0 Å². The molecule has 3 rings (SSSR count). The molecule has 1 saturated heterocycles. The summed E-state index contributed by atoms with van der Waals surface area (Å²) < 4.78 is 7.12. The Morgan fingerprint density at radius 1 is 1.23 bits per heavy atom. The van der Waals surface area contributed by atoms with Crippen molar-refractivity contribution in [3.63, 3.8) is 0 Å². The van der Waals surface area contributed by atoms with Crippen molar-refractivity contribution in [2.75, 3.05) is 26.7 Å². The Balaban J connectivity index is 1.55. The van der Waals surface area contributed by atoms with E-state index in [-0.39, 0.29) is 18.0 Å². The summed E-state index contributed by atoms with van der Waals surface area (Å²) in [7, 11) is 3.52. The largest absolute Gasteiger partial charge is 0.497 e. The van der Waals surface area contributed by atoms with E-state index in [9.17, 15) is 9.59 Å². The maximum Gasteiger partial charge on any atom is 0.315 e. The molecule has 0 aliphatic carbocycles. The zero-order valence-electron chi connectivity index (χ0n) is 17.8. The molecular weight excluding hydrogens is 382 g/mol. The number of urea groups is 1. The first-order valence-electron chi connectivity index (χ1n) is 10.5. The Labute approximate surface area is 177 Å². The van der Waals surface area contributed by atoms with Gasteiger partial charge in [0.15, 0.2) is 0 Å². The van der Waals surface area contributed by atoms with Gasteiger partial charge in [-0.25, -0.2) is 9.78 Å². The molecule has 0 spiro atoms. The van der Waals surface area contributed by atoms with Crippen LogP contribution in [-0.2, 0) is 11.8 Å². The van der Waals surface area contributed by atoms with Crippen LogP contribution in [0.2, 0.25) is 0 Å². The SMILES string of the molecule is COc1ccc([C@H](NC(=O)NCCCN2CCCCCC2=O)c2nccn2C)cc1. The van der Waals surface area contributed by atoms with E-state index in [0.29, 0.717) is 19.5 Å². The van der Waals surface area contributed by atoms with E-state index in [4.69, 9.17) is 4.74 Å². The lowest BCUT2D eigenvalue weighted by Crippen LogP contribution is -2.40. The summed E-state index contributed by atoms with van der Waals surface area (Å²) in [5.74, 6) is 1.72. The molecule has 2 N–H and O–H groups in total. The molecule has 8 nitrogen and oxygen atoms in total. The highest BCUT2D eigenvalue weighted by Gasteiger charge is 2.21. The van der Waals surface area contributed by atoms with Crippen molar-refractivity contribution in [2.45, 2.75) is 38.1 Å². The topological polar surface area (TPSA) is 88.5 Å². The van der Waals surface area contributed by atoms with Crippen LogP contribution in [0.4, 0.5) is 4.79 Å². The van der Waals surface area contributed by atoms with Gasteiger partial charge in [-0.1, -0.05) is 18.6 Å². The molecule has 30 heavy (non-hydrogen) atoms. The molecule has 0 saturated carbocycles. The number of nitrogens with one attached hydrogen (secondary N) is 2. The maximum atomic E-state index is 12.6. The zero-order valence-corrected chi connectivity index (χ0v) is 17.8. The molecule has 1 aromatic carbocycles. The summed E-state index contributed by atoms with van der Waals surface area (Å²) in [6, 6.07) is 6.92. The number of benzene rings is 1. The first-order chi connectivity index (χ1) is 14.6. The lowest BCUT2D eigenvalue weighted by atomic mass is 10.1. The molecule has 1 aliphatic heterocycles. The van der Waals surface area contributed by atoms with Crippen molar-refractivity contribution in [3.8, 4) is 5.75 Å². The van der Waals surface area contributed by atoms with Crippen LogP contribution in [0.5, 0.6) is 5.75 Å². The molecule has 1 aliphatic rings. The number of amides is 3. The number of rotatable bonds is 8. The number of carbonyl (C=O) groups excluding carboxylic acids is 2. The zero-order chi connectivity index (χ0) is 21.3. The van der Waals surface area contributed by atoms with Gasteiger partial charge >= 0.3 is 6.03 Å². The van der Waals surface area contributed by atoms with Crippen LogP contribution in [0.15, 0.2) is 36.7 Å². The molecule has 0 unspecified atom stereocenters. The minimum atomic E-state index is -0.386. The van der Waals surface area contributed by atoms with Gasteiger partial charge in [0.25, 0.3) is 0 Å². The van der Waals surface area contributed by atoms with Gasteiger partial charge in [-0.15, -0.1) is 0 Å². The first kappa shape index (κ1) is 21.7. The number of methoxy groups -OCH3 is 1. The van der Waals surface area contributed by atoms with Crippen LogP contribution >= 0.6 is 0 Å². The highest BCUT2D eigenvalue weighted by atomic mass is 16.5. The predicted octanol–water partition coefficient (Wildman–Crippen LogP) is 2.61. The summed E-state index contributed by atoms with van der Waals surface area (Å²) in [5.41, 5.74) is 0.912. The van der Waals surface area contributed by atoms with E-state index >= 15 is 0 Å². The van der Waals surface area contributed by atoms with Gasteiger partial charge in [0.1, 0.15) is 17.6 Å². The lowest BCUT2D eigenvalue weighted by Gasteiger charge is -2.21. The van der Waals surface area contributed by atoms with E-state index in [0.717, 1.165) is 49.4 Å². The smallest absolute Gasteiger partial charge is 0.315 e. The summed E-state index contributed by atoms with van der Waals surface area (Å²) in [5, 5.41) is 5.92. The summed E-state index contributed by atoms with van der Waals surface area (Å²) >= 11 is 0. The van der Waals surface area contributed by atoms with Crippen molar-refractivity contribution >= 4 is 11.9 Å². The summed E-state index contributed by atoms with van der Waals surface area (Å²) in [6.07, 6.45) is 8.09. The molecule has 1 aromatic heterocycles. The minimum absolute atomic E-state index is 0.228. The fourth-order valence-corrected chi connectivity index (χ4v) is 3.68. The van der Waals surface area contributed by atoms with E-state index in [1.54, 1.807) is 13.3 Å². The Bertz CT molecular complexity index is 834. The maximum absolute atomic E-state index is 12.6. The van der Waals surface area contributed by atoms with Crippen molar-refractivity contribution in [1.82, 2.24) is 25.1 Å². The quantitative estimate of drug-likeness (QED) is 0.651. The predicted molar refractivity (Wildman–Crippen MR) is 114 cm³/mol. The Morgan fingerprint density at radius 2 is 2.03 bits per heavy atom. The van der Waals surface area contributed by atoms with Crippen LogP contribution in [0.25, 0.3) is 0 Å². The Kier molecular flexibility index (Phi) is 7.70. The van der Waals surface area contributed by atoms with Crippen molar-refractivity contribution in [1.29, 1.82) is 0 Å². The third kappa shape index (κ3) is 5.75. The molecule has 2 aromatic rings. The number of aryl methyl sites for hydroxylation is 1. The molecule has 8 heteroatoms. The number of hydrogen-bond acceptors (Lipinski definition) is 4. The number of carbonyl (C=O) groups is 2. The average molecular weight is 414 g/mol. The highest BCUT2D eigenvalue weighted by molar-refractivity contribution is 5.76. The van der Waals surface area contributed by atoms with Crippen molar-refractivity contribution in [2.24, 2.45) is 7.05 Å². The van der Waals surface area contributed by atoms with Gasteiger partial charge < -0.3 is 24.8 Å². The third-order valence-electron chi connectivity index (χ3n) is 5.40. The second kappa shape index (κ2) is 10.7. The lowest BCUT2D eigenvalue weighted by molar-refractivity contribution is -0.130. The van der Waals surface area contributed by atoms with E-state index in [2.05, 4.69) is 15.6 Å². The highest BCUT2D eigenvalue weighted by Crippen LogP contribution is 2.23. The molecule has 1 fully saturated rings. The number of hydrogen-bond donors (Lipinski definition) is 2. The number of likely N-dealkylation sites (tertiary alicyclic amines) is 1. The second-order valence-electron chi connectivity index (χ2n) is 7.55. The molecule has 1 atom stereocenters. The van der Waals surface area contributed by atoms with Crippen LogP contribution in [-0.4, -0.2) is 53.1 Å². The number of aromatic nitrogens is 2. The second-order valence-corrected chi connectivity index (χ2v) is 7.55. The van der Waals surface area contributed by atoms with Crippen LogP contribution in [0.1, 0.15) is 49.5 Å². The van der Waals surface area contributed by atoms with Gasteiger partial charge in [-0.05, 0) is 37.0 Å². The van der Waals surface area contributed by atoms with Gasteiger partial charge in [0.05, 0.1) is 7.11 Å². The fraction of sp³-hybridized carbons (Fsp3) is 0.500. The molecule has 0 radical (unpaired) electrons. The molecule has 3 amide bonds. The third-order valence-corrected chi connectivity index (χ3v) is 5.40. The summed E-state index contributed by atoms with van der Waals surface area (Å²) in [4.78, 5) is 30.9. The molecular formula is C22H31N5O3. The Hall–Kier alpha value is -3.03. The van der Waals surface area contributed by atoms with E-state index in [1.807, 2.05) is 47.0 Å². The van der Waals surface area contributed by atoms with Gasteiger partial charge in [0, 0.05) is 45.5 Å². The first-order valence-corrected chi connectivity index (χ1v) is 10.5. The minimum Gasteiger partial charge on any atom is -0.497 e. The summed E-state index contributed by atoms with van der Waals surface area (Å²) in [6.45, 7) is 2.01. The van der Waals surface area contributed by atoms with Crippen LogP contribution in [0, 0.1) is 0 Å². The Morgan fingerprint density at radius 3 is 2.73 bits per heavy atom.